The highest BCUT2D eigenvalue weighted by Crippen LogP contribution is 2.29. The van der Waals surface area contributed by atoms with Crippen molar-refractivity contribution >= 4 is 5.70 Å². The summed E-state index contributed by atoms with van der Waals surface area (Å²) in [5.74, 6) is 5.82. The van der Waals surface area contributed by atoms with Crippen molar-refractivity contribution < 1.29 is 4.74 Å². The van der Waals surface area contributed by atoms with E-state index in [2.05, 4.69) is 18.4 Å². The van der Waals surface area contributed by atoms with Crippen molar-refractivity contribution in [3.63, 3.8) is 0 Å². The zero-order valence-electron chi connectivity index (χ0n) is 11.4. The van der Waals surface area contributed by atoms with E-state index in [0.29, 0.717) is 0 Å². The van der Waals surface area contributed by atoms with Gasteiger partial charge in [0.25, 0.3) is 0 Å². The SMILES string of the molecule is C#CCOc1ccc(C2=CC=C(C#C)C(=C)N2C)cc1. The molecular weight excluding hydrogens is 246 g/mol. The number of hydrogen-bond donors (Lipinski definition) is 0. The summed E-state index contributed by atoms with van der Waals surface area (Å²) in [6.07, 6.45) is 14.5. The Labute approximate surface area is 120 Å². The van der Waals surface area contributed by atoms with Crippen LogP contribution in [0, 0.1) is 24.7 Å². The number of hydrogen-bond acceptors (Lipinski definition) is 2. The molecule has 0 unspecified atom stereocenters. The molecular formula is C18H15NO. The molecule has 0 saturated heterocycles. The van der Waals surface area contributed by atoms with Gasteiger partial charge in [-0.15, -0.1) is 12.8 Å². The minimum absolute atomic E-state index is 0.271. The summed E-state index contributed by atoms with van der Waals surface area (Å²) < 4.78 is 5.35. The van der Waals surface area contributed by atoms with Crippen LogP contribution >= 0.6 is 0 Å². The highest BCUT2D eigenvalue weighted by Gasteiger charge is 2.16. The van der Waals surface area contributed by atoms with Crippen LogP contribution in [0.2, 0.25) is 0 Å². The molecule has 0 fully saturated rings. The van der Waals surface area contributed by atoms with Crippen LogP contribution in [0.15, 0.2) is 54.3 Å². The predicted octanol–water partition coefficient (Wildman–Crippen LogP) is 3.06. The molecule has 0 aliphatic carbocycles. The van der Waals surface area contributed by atoms with E-state index < -0.39 is 0 Å². The van der Waals surface area contributed by atoms with Gasteiger partial charge < -0.3 is 9.64 Å². The standard InChI is InChI=1S/C18H15NO/c1-5-13-20-17-10-7-16(8-11-17)18-12-9-15(6-2)14(3)19(18)4/h1-2,7-12H,3,13H2,4H3. The molecule has 0 aromatic heterocycles. The molecule has 1 aliphatic heterocycles. The van der Waals surface area contributed by atoms with E-state index >= 15 is 0 Å². The third-order valence-corrected chi connectivity index (χ3v) is 3.11. The molecule has 98 valence electrons. The van der Waals surface area contributed by atoms with Crippen LogP contribution in [0.1, 0.15) is 5.56 Å². The van der Waals surface area contributed by atoms with Crippen molar-refractivity contribution in [2.75, 3.05) is 13.7 Å². The first-order chi connectivity index (χ1) is 9.67. The van der Waals surface area contributed by atoms with E-state index in [1.165, 1.54) is 0 Å². The lowest BCUT2D eigenvalue weighted by Gasteiger charge is -2.28. The average Bonchev–Trinajstić information content (AvgIpc) is 2.48. The molecule has 0 bridgehead atoms. The Kier molecular flexibility index (Phi) is 3.99. The molecule has 0 amide bonds. The maximum absolute atomic E-state index is 5.44. The van der Waals surface area contributed by atoms with Gasteiger partial charge in [0.2, 0.25) is 0 Å². The van der Waals surface area contributed by atoms with Crippen LogP contribution < -0.4 is 4.74 Å². The summed E-state index contributed by atoms with van der Waals surface area (Å²) >= 11 is 0. The highest BCUT2D eigenvalue weighted by atomic mass is 16.5. The second-order valence-electron chi connectivity index (χ2n) is 4.30. The molecule has 1 aromatic rings. The average molecular weight is 261 g/mol. The maximum Gasteiger partial charge on any atom is 0.148 e. The summed E-state index contributed by atoms with van der Waals surface area (Å²) in [5.41, 5.74) is 3.72. The molecule has 0 radical (unpaired) electrons. The van der Waals surface area contributed by atoms with Crippen molar-refractivity contribution in [3.05, 3.63) is 59.8 Å². The summed E-state index contributed by atoms with van der Waals surface area (Å²) in [7, 11) is 1.95. The zero-order valence-corrected chi connectivity index (χ0v) is 11.4. The largest absolute Gasteiger partial charge is 0.481 e. The lowest BCUT2D eigenvalue weighted by atomic mass is 10.0. The first kappa shape index (κ1) is 13.6. The lowest BCUT2D eigenvalue weighted by molar-refractivity contribution is 0.370. The molecule has 20 heavy (non-hydrogen) atoms. The van der Waals surface area contributed by atoms with Crippen LogP contribution in [-0.2, 0) is 0 Å². The third-order valence-electron chi connectivity index (χ3n) is 3.11. The summed E-state index contributed by atoms with van der Waals surface area (Å²) in [6.45, 7) is 4.28. The minimum Gasteiger partial charge on any atom is -0.481 e. The number of terminal acetylenes is 2. The van der Waals surface area contributed by atoms with Crippen LogP contribution in [-0.4, -0.2) is 18.6 Å². The summed E-state index contributed by atoms with van der Waals surface area (Å²) in [4.78, 5) is 1.98. The molecule has 2 nitrogen and oxygen atoms in total. The molecule has 2 heteroatoms. The van der Waals surface area contributed by atoms with E-state index in [9.17, 15) is 0 Å². The zero-order chi connectivity index (χ0) is 14.5. The van der Waals surface area contributed by atoms with Gasteiger partial charge in [-0.3, -0.25) is 0 Å². The normalized spacial score (nSPS) is 13.9. The van der Waals surface area contributed by atoms with Gasteiger partial charge in [0.15, 0.2) is 0 Å². The molecule has 0 atom stereocenters. The van der Waals surface area contributed by atoms with Crippen LogP contribution in [0.5, 0.6) is 5.75 Å². The van der Waals surface area contributed by atoms with Crippen LogP contribution in [0.4, 0.5) is 0 Å². The number of benzene rings is 1. The van der Waals surface area contributed by atoms with Crippen molar-refractivity contribution in [2.45, 2.75) is 0 Å². The topological polar surface area (TPSA) is 12.5 Å². The van der Waals surface area contributed by atoms with E-state index in [-0.39, 0.29) is 6.61 Å². The third kappa shape index (κ3) is 2.60. The van der Waals surface area contributed by atoms with E-state index in [0.717, 1.165) is 28.3 Å². The number of ether oxygens (including phenoxy) is 1. The maximum atomic E-state index is 5.44. The smallest absolute Gasteiger partial charge is 0.148 e. The first-order valence-corrected chi connectivity index (χ1v) is 6.15. The molecule has 1 heterocycles. The molecule has 0 N–H and O–H groups in total. The quantitative estimate of drug-likeness (QED) is 0.775. The van der Waals surface area contributed by atoms with Gasteiger partial charge in [-0.05, 0) is 42.0 Å². The highest BCUT2D eigenvalue weighted by molar-refractivity contribution is 5.72. The fraction of sp³-hybridized carbons (Fsp3) is 0.111. The first-order valence-electron chi connectivity index (χ1n) is 6.15. The Bertz CT molecular complexity index is 663. The Morgan fingerprint density at radius 3 is 2.50 bits per heavy atom. The van der Waals surface area contributed by atoms with E-state index in [1.807, 2.05) is 48.4 Å². The molecule has 2 rings (SSSR count). The van der Waals surface area contributed by atoms with Crippen molar-refractivity contribution in [1.29, 1.82) is 0 Å². The van der Waals surface area contributed by atoms with Gasteiger partial charge in [-0.2, -0.15) is 0 Å². The van der Waals surface area contributed by atoms with Gasteiger partial charge in [0, 0.05) is 24.0 Å². The Morgan fingerprint density at radius 2 is 1.90 bits per heavy atom. The molecule has 0 spiro atoms. The number of allylic oxidation sites excluding steroid dienone is 3. The van der Waals surface area contributed by atoms with E-state index in [1.54, 1.807) is 0 Å². The van der Waals surface area contributed by atoms with Gasteiger partial charge in [0.05, 0.1) is 0 Å². The van der Waals surface area contributed by atoms with E-state index in [4.69, 9.17) is 17.6 Å². The van der Waals surface area contributed by atoms with Gasteiger partial charge >= 0.3 is 0 Å². The predicted molar refractivity (Wildman–Crippen MR) is 82.6 cm³/mol. The fourth-order valence-corrected chi connectivity index (χ4v) is 1.96. The Balaban J connectivity index is 2.26. The summed E-state index contributed by atoms with van der Waals surface area (Å²) in [5, 5.41) is 0. The van der Waals surface area contributed by atoms with Gasteiger partial charge in [-0.1, -0.05) is 18.4 Å². The van der Waals surface area contributed by atoms with Gasteiger partial charge in [-0.25, -0.2) is 0 Å². The van der Waals surface area contributed by atoms with Gasteiger partial charge in [0.1, 0.15) is 12.4 Å². The molecule has 0 saturated carbocycles. The number of nitrogens with zero attached hydrogens (tertiary/aromatic N) is 1. The fourth-order valence-electron chi connectivity index (χ4n) is 1.96. The molecule has 1 aliphatic rings. The Hall–Kier alpha value is -2.84. The van der Waals surface area contributed by atoms with Crippen LogP contribution in [0.25, 0.3) is 5.70 Å². The lowest BCUT2D eigenvalue weighted by Crippen LogP contribution is -2.19. The van der Waals surface area contributed by atoms with Crippen LogP contribution in [0.3, 0.4) is 0 Å². The second-order valence-corrected chi connectivity index (χ2v) is 4.30. The number of likely N-dealkylation sites (N-methyl/N-ethyl adjacent to an activating group) is 1. The van der Waals surface area contributed by atoms with Crippen molar-refractivity contribution in [1.82, 2.24) is 4.90 Å². The Morgan fingerprint density at radius 1 is 1.20 bits per heavy atom. The monoisotopic (exact) mass is 261 g/mol. The minimum atomic E-state index is 0.271. The van der Waals surface area contributed by atoms with Crippen molar-refractivity contribution in [3.8, 4) is 30.4 Å². The second kappa shape index (κ2) is 5.87. The molecule has 1 aromatic carbocycles. The number of rotatable bonds is 3. The van der Waals surface area contributed by atoms with Crippen molar-refractivity contribution in [2.24, 2.45) is 0 Å². The summed E-state index contributed by atoms with van der Waals surface area (Å²) in [6, 6.07) is 7.75.